The zero-order valence-electron chi connectivity index (χ0n) is 17.9. The summed E-state index contributed by atoms with van der Waals surface area (Å²) in [4.78, 5) is 27.8. The molecule has 0 spiro atoms. The van der Waals surface area contributed by atoms with E-state index in [1.807, 2.05) is 18.2 Å². The van der Waals surface area contributed by atoms with Gasteiger partial charge in [-0.15, -0.1) is 0 Å². The average molecular weight is 488 g/mol. The fraction of sp³-hybridized carbons (Fsp3) is 0.292. The van der Waals surface area contributed by atoms with Crippen molar-refractivity contribution in [3.05, 3.63) is 52.1 Å². The number of phenolic OH excluding ortho intramolecular Hbond substituents is 1. The van der Waals surface area contributed by atoms with Crippen LogP contribution in [-0.2, 0) is 0 Å². The third-order valence-corrected chi connectivity index (χ3v) is 6.58. The molecule has 1 saturated carbocycles. The molecule has 0 aliphatic heterocycles. The summed E-state index contributed by atoms with van der Waals surface area (Å²) >= 11 is 12.2. The summed E-state index contributed by atoms with van der Waals surface area (Å²) in [7, 11) is 0. The number of aromatic hydroxyl groups is 1. The standard InChI is InChI=1S/C24H23Cl2N3O4/c1-12(30)18-11-27-21-7-2-13(14-9-19(25)23(31)20(26)10-14)8-17(21)22(18)28-15-3-5-16(6-4-15)29-24(32)33/h2,7-11,15-16,29,31H,3-6H2,1H3,(H,27,28)(H,32,33). The molecule has 9 heteroatoms. The summed E-state index contributed by atoms with van der Waals surface area (Å²) in [6.07, 6.45) is 3.56. The Morgan fingerprint density at radius 2 is 1.64 bits per heavy atom. The van der Waals surface area contributed by atoms with Crippen LogP contribution in [0.1, 0.15) is 43.0 Å². The summed E-state index contributed by atoms with van der Waals surface area (Å²) in [6, 6.07) is 8.98. The lowest BCUT2D eigenvalue weighted by Gasteiger charge is -2.30. The number of phenols is 1. The second kappa shape index (κ2) is 9.45. The lowest BCUT2D eigenvalue weighted by atomic mass is 9.90. The highest BCUT2D eigenvalue weighted by Gasteiger charge is 2.24. The van der Waals surface area contributed by atoms with E-state index in [4.69, 9.17) is 28.3 Å². The number of fused-ring (bicyclic) bond motifs is 1. The van der Waals surface area contributed by atoms with E-state index in [-0.39, 0.29) is 33.7 Å². The molecule has 1 fully saturated rings. The number of hydrogen-bond donors (Lipinski definition) is 4. The molecule has 1 heterocycles. The first kappa shape index (κ1) is 23.1. The van der Waals surface area contributed by atoms with Crippen LogP contribution in [0.15, 0.2) is 36.5 Å². The summed E-state index contributed by atoms with van der Waals surface area (Å²) in [5.74, 6) is -0.270. The van der Waals surface area contributed by atoms with Gasteiger partial charge in [0.15, 0.2) is 11.5 Å². The summed E-state index contributed by atoms with van der Waals surface area (Å²) in [5, 5.41) is 26.0. The molecule has 4 rings (SSSR count). The number of ketones is 1. The number of anilines is 1. The highest BCUT2D eigenvalue weighted by molar-refractivity contribution is 6.37. The number of amides is 1. The molecular weight excluding hydrogens is 465 g/mol. The minimum Gasteiger partial charge on any atom is -0.505 e. The van der Waals surface area contributed by atoms with Crippen LogP contribution in [0.2, 0.25) is 10.0 Å². The van der Waals surface area contributed by atoms with Crippen molar-refractivity contribution in [2.24, 2.45) is 0 Å². The van der Waals surface area contributed by atoms with Crippen LogP contribution in [0, 0.1) is 0 Å². The van der Waals surface area contributed by atoms with Gasteiger partial charge < -0.3 is 20.8 Å². The number of benzene rings is 2. The van der Waals surface area contributed by atoms with Crippen molar-refractivity contribution in [2.75, 3.05) is 5.32 Å². The molecule has 0 atom stereocenters. The lowest BCUT2D eigenvalue weighted by molar-refractivity contribution is 0.101. The number of carbonyl (C=O) groups excluding carboxylic acids is 1. The van der Waals surface area contributed by atoms with Crippen LogP contribution >= 0.6 is 23.2 Å². The van der Waals surface area contributed by atoms with E-state index in [1.54, 1.807) is 18.3 Å². The van der Waals surface area contributed by atoms with E-state index >= 15 is 0 Å². The van der Waals surface area contributed by atoms with Crippen molar-refractivity contribution in [1.29, 1.82) is 0 Å². The molecule has 0 saturated heterocycles. The van der Waals surface area contributed by atoms with Gasteiger partial charge >= 0.3 is 6.09 Å². The molecule has 0 bridgehead atoms. The molecule has 3 aromatic rings. The van der Waals surface area contributed by atoms with Gasteiger partial charge in [-0.2, -0.15) is 0 Å². The maximum absolute atomic E-state index is 12.4. The van der Waals surface area contributed by atoms with E-state index in [2.05, 4.69) is 15.6 Å². The first-order chi connectivity index (χ1) is 15.7. The van der Waals surface area contributed by atoms with Gasteiger partial charge in [0.25, 0.3) is 0 Å². The number of nitrogens with one attached hydrogen (secondary N) is 2. The molecule has 33 heavy (non-hydrogen) atoms. The van der Waals surface area contributed by atoms with Crippen molar-refractivity contribution in [2.45, 2.75) is 44.7 Å². The molecule has 1 aromatic heterocycles. The number of nitrogens with zero attached hydrogens (tertiary/aromatic N) is 1. The topological polar surface area (TPSA) is 112 Å². The maximum atomic E-state index is 12.4. The van der Waals surface area contributed by atoms with Gasteiger partial charge in [-0.1, -0.05) is 29.3 Å². The fourth-order valence-corrected chi connectivity index (χ4v) is 4.77. The molecule has 7 nitrogen and oxygen atoms in total. The van der Waals surface area contributed by atoms with Crippen molar-refractivity contribution < 1.29 is 19.8 Å². The van der Waals surface area contributed by atoms with Gasteiger partial charge in [0.1, 0.15) is 0 Å². The minimum absolute atomic E-state index is 0.0578. The van der Waals surface area contributed by atoms with Crippen LogP contribution in [0.25, 0.3) is 22.0 Å². The van der Waals surface area contributed by atoms with Crippen molar-refractivity contribution in [3.8, 4) is 16.9 Å². The van der Waals surface area contributed by atoms with Crippen molar-refractivity contribution in [1.82, 2.24) is 10.3 Å². The van der Waals surface area contributed by atoms with E-state index < -0.39 is 6.09 Å². The Morgan fingerprint density at radius 1 is 1.00 bits per heavy atom. The Labute approximate surface area is 200 Å². The van der Waals surface area contributed by atoms with Crippen molar-refractivity contribution in [3.63, 3.8) is 0 Å². The van der Waals surface area contributed by atoms with Gasteiger partial charge in [-0.05, 0) is 68.0 Å². The predicted molar refractivity (Wildman–Crippen MR) is 130 cm³/mol. The number of pyridine rings is 1. The maximum Gasteiger partial charge on any atom is 0.404 e. The number of hydrogen-bond acceptors (Lipinski definition) is 5. The second-order valence-corrected chi connectivity index (χ2v) is 9.08. The smallest absolute Gasteiger partial charge is 0.404 e. The predicted octanol–water partition coefficient (Wildman–Crippen LogP) is 6.11. The largest absolute Gasteiger partial charge is 0.505 e. The Balaban J connectivity index is 1.71. The van der Waals surface area contributed by atoms with Crippen LogP contribution in [0.5, 0.6) is 5.75 Å². The molecule has 0 radical (unpaired) electrons. The van der Waals surface area contributed by atoms with Gasteiger partial charge in [-0.3, -0.25) is 9.78 Å². The van der Waals surface area contributed by atoms with Crippen molar-refractivity contribution >= 4 is 51.7 Å². The van der Waals surface area contributed by atoms with Crippen LogP contribution < -0.4 is 10.6 Å². The third kappa shape index (κ3) is 4.99. The summed E-state index contributed by atoms with van der Waals surface area (Å²) in [6.45, 7) is 1.51. The number of carbonyl (C=O) groups is 2. The SMILES string of the molecule is CC(=O)c1cnc2ccc(-c3cc(Cl)c(O)c(Cl)c3)cc2c1NC1CCC(NC(=O)O)CC1. The number of rotatable bonds is 5. The lowest BCUT2D eigenvalue weighted by Crippen LogP contribution is -2.39. The highest BCUT2D eigenvalue weighted by atomic mass is 35.5. The molecule has 1 aliphatic carbocycles. The zero-order valence-corrected chi connectivity index (χ0v) is 19.4. The first-order valence-electron chi connectivity index (χ1n) is 10.6. The molecule has 2 aromatic carbocycles. The van der Waals surface area contributed by atoms with Crippen LogP contribution in [0.3, 0.4) is 0 Å². The zero-order chi connectivity index (χ0) is 23.7. The number of carboxylic acid groups (broad SMARTS) is 1. The fourth-order valence-electron chi connectivity index (χ4n) is 4.29. The third-order valence-electron chi connectivity index (χ3n) is 6.00. The monoisotopic (exact) mass is 487 g/mol. The number of aromatic nitrogens is 1. The normalized spacial score (nSPS) is 18.2. The average Bonchev–Trinajstić information content (AvgIpc) is 2.77. The van der Waals surface area contributed by atoms with Gasteiger partial charge in [0.2, 0.25) is 0 Å². The Hall–Kier alpha value is -3.03. The molecule has 172 valence electrons. The quantitative estimate of drug-likeness (QED) is 0.323. The van der Waals surface area contributed by atoms with E-state index in [1.165, 1.54) is 6.92 Å². The number of halogens is 2. The summed E-state index contributed by atoms with van der Waals surface area (Å²) in [5.41, 5.74) is 3.46. The van der Waals surface area contributed by atoms with Crippen LogP contribution in [-0.4, -0.2) is 39.2 Å². The van der Waals surface area contributed by atoms with Crippen LogP contribution in [0.4, 0.5) is 10.5 Å². The van der Waals surface area contributed by atoms with E-state index in [9.17, 15) is 14.7 Å². The number of Topliss-reactive ketones (excluding diaryl/α,β-unsaturated/α-hetero) is 1. The Kier molecular flexibility index (Phi) is 6.63. The van der Waals surface area contributed by atoms with Gasteiger partial charge in [-0.25, -0.2) is 4.79 Å². The molecule has 0 unspecified atom stereocenters. The molecule has 1 amide bonds. The first-order valence-corrected chi connectivity index (χ1v) is 11.4. The van der Waals surface area contributed by atoms with Gasteiger partial charge in [0.05, 0.1) is 26.8 Å². The molecule has 1 aliphatic rings. The van der Waals surface area contributed by atoms with E-state index in [0.717, 1.165) is 47.7 Å². The Bertz CT molecular complexity index is 1220. The summed E-state index contributed by atoms with van der Waals surface area (Å²) < 4.78 is 0. The van der Waals surface area contributed by atoms with Gasteiger partial charge in [0, 0.05) is 23.7 Å². The Morgan fingerprint density at radius 3 is 2.24 bits per heavy atom. The highest BCUT2D eigenvalue weighted by Crippen LogP contribution is 2.38. The molecular formula is C24H23Cl2N3O4. The van der Waals surface area contributed by atoms with E-state index in [0.29, 0.717) is 11.3 Å². The minimum atomic E-state index is -1.01. The second-order valence-electron chi connectivity index (χ2n) is 8.27. The molecule has 4 N–H and O–H groups in total.